The summed E-state index contributed by atoms with van der Waals surface area (Å²) < 4.78 is 23.3. The molecule has 0 spiro atoms. The van der Waals surface area contributed by atoms with Crippen molar-refractivity contribution in [3.05, 3.63) is 67.7 Å². The van der Waals surface area contributed by atoms with E-state index in [9.17, 15) is 9.59 Å². The Bertz CT molecular complexity index is 852. The van der Waals surface area contributed by atoms with Crippen LogP contribution in [0.5, 0.6) is 0 Å². The molecular formula is C30H42O6. The lowest BCUT2D eigenvalue weighted by Crippen LogP contribution is -2.25. The lowest BCUT2D eigenvalue weighted by molar-refractivity contribution is -0.141. The molecule has 5 unspecified atom stereocenters. The Labute approximate surface area is 217 Å². The second kappa shape index (κ2) is 15.7. The number of esters is 1. The van der Waals surface area contributed by atoms with E-state index in [1.54, 1.807) is 6.08 Å². The topological polar surface area (TPSA) is 71.1 Å². The molecule has 2 bridgehead atoms. The molecule has 0 saturated heterocycles. The molecule has 0 aromatic heterocycles. The predicted molar refractivity (Wildman–Crippen MR) is 141 cm³/mol. The maximum atomic E-state index is 12.5. The number of ketones is 1. The third-order valence-corrected chi connectivity index (χ3v) is 6.40. The molecule has 0 N–H and O–H groups in total. The summed E-state index contributed by atoms with van der Waals surface area (Å²) in [5, 5.41) is 0. The first-order valence-corrected chi connectivity index (χ1v) is 12.8. The van der Waals surface area contributed by atoms with Crippen LogP contribution in [0.4, 0.5) is 0 Å². The Kier molecular flexibility index (Phi) is 13.1. The normalized spacial score (nSPS) is 31.6. The van der Waals surface area contributed by atoms with Gasteiger partial charge in [0, 0.05) is 18.9 Å². The van der Waals surface area contributed by atoms with Crippen LogP contribution >= 0.6 is 0 Å². The Morgan fingerprint density at radius 2 is 1.86 bits per heavy atom. The molecule has 3 aliphatic heterocycles. The van der Waals surface area contributed by atoms with Crippen LogP contribution < -0.4 is 0 Å². The van der Waals surface area contributed by atoms with E-state index >= 15 is 0 Å². The number of carbonyl (C=O) groups excluding carboxylic acids is 2. The minimum Gasteiger partial charge on any atom is -0.459 e. The number of allylic oxidation sites excluding steroid dienone is 1. The zero-order chi connectivity index (χ0) is 25.0. The summed E-state index contributed by atoms with van der Waals surface area (Å²) in [5.41, 5.74) is 2.24. The molecule has 3 aliphatic rings. The first-order chi connectivity index (χ1) is 16.9. The fourth-order valence-corrected chi connectivity index (χ4v) is 4.62. The molecule has 36 heavy (non-hydrogen) atoms. The van der Waals surface area contributed by atoms with Crippen molar-refractivity contribution in [2.45, 2.75) is 83.2 Å². The number of ether oxygens (including phenoxy) is 4. The molecule has 5 atom stereocenters. The molecule has 198 valence electrons. The van der Waals surface area contributed by atoms with Crippen molar-refractivity contribution in [2.75, 3.05) is 19.8 Å². The van der Waals surface area contributed by atoms with Gasteiger partial charge in [0.05, 0.1) is 31.5 Å². The Morgan fingerprint density at radius 3 is 2.67 bits per heavy atom. The van der Waals surface area contributed by atoms with Gasteiger partial charge < -0.3 is 18.9 Å². The van der Waals surface area contributed by atoms with Crippen molar-refractivity contribution >= 4 is 11.8 Å². The molecule has 0 aromatic carbocycles. The number of Topliss-reactive ketones (excluding diaryl/α,β-unsaturated/α-hetero) is 1. The zero-order valence-electron chi connectivity index (χ0n) is 21.9. The van der Waals surface area contributed by atoms with Crippen LogP contribution in [0.15, 0.2) is 60.3 Å². The molecule has 0 saturated carbocycles. The molecule has 6 heteroatoms. The monoisotopic (exact) mass is 498 g/mol. The highest BCUT2D eigenvalue weighted by atomic mass is 16.6. The van der Waals surface area contributed by atoms with Gasteiger partial charge in [0.1, 0.15) is 18.5 Å². The van der Waals surface area contributed by atoms with E-state index in [2.05, 4.69) is 38.7 Å². The lowest BCUT2D eigenvalue weighted by atomic mass is 9.91. The number of fused-ring (bicyclic) bond motifs is 2. The standard InChI is InChI=1S/C29H40O6.CH2/c1-21-12-14-32-26(18-21)10-11-28-20-34-29(31)9-5-7-25-6-4-8-27(35-25)19-23(3)16-22(2)17-24(30)13-15-33-28;/h4-6,9-12,23,25-28H,2,7-8,13-20H2,1,3H3;1H2. The third-order valence-electron chi connectivity index (χ3n) is 6.40. The van der Waals surface area contributed by atoms with E-state index in [4.69, 9.17) is 18.9 Å². The molecule has 0 aliphatic carbocycles. The van der Waals surface area contributed by atoms with Crippen LogP contribution in [0.3, 0.4) is 0 Å². The average molecular weight is 499 g/mol. The number of cyclic esters (lactones) is 1. The van der Waals surface area contributed by atoms with E-state index in [0.29, 0.717) is 31.8 Å². The maximum absolute atomic E-state index is 12.5. The minimum atomic E-state index is -0.453. The van der Waals surface area contributed by atoms with Gasteiger partial charge in [-0.25, -0.2) is 4.79 Å². The van der Waals surface area contributed by atoms with Crippen molar-refractivity contribution in [3.63, 3.8) is 0 Å². The van der Waals surface area contributed by atoms with Crippen LogP contribution in [-0.2, 0) is 28.5 Å². The van der Waals surface area contributed by atoms with Gasteiger partial charge in [0.25, 0.3) is 0 Å². The summed E-state index contributed by atoms with van der Waals surface area (Å²) >= 11 is 0. The summed E-state index contributed by atoms with van der Waals surface area (Å²) in [4.78, 5) is 24.8. The average Bonchev–Trinajstić information content (AvgIpc) is 2.80. The highest BCUT2D eigenvalue weighted by Crippen LogP contribution is 2.25. The zero-order valence-corrected chi connectivity index (χ0v) is 21.9. The Balaban J connectivity index is 0.00000456. The molecule has 3 heterocycles. The minimum absolute atomic E-state index is 0. The van der Waals surface area contributed by atoms with Crippen LogP contribution in [0.25, 0.3) is 0 Å². The van der Waals surface area contributed by atoms with Crippen LogP contribution in [0, 0.1) is 13.3 Å². The highest BCUT2D eigenvalue weighted by molar-refractivity contribution is 5.82. The van der Waals surface area contributed by atoms with Gasteiger partial charge in [-0.3, -0.25) is 4.79 Å². The second-order valence-corrected chi connectivity index (χ2v) is 9.91. The van der Waals surface area contributed by atoms with Gasteiger partial charge in [-0.05, 0) is 44.9 Å². The van der Waals surface area contributed by atoms with Gasteiger partial charge in [-0.15, -0.1) is 0 Å². The van der Waals surface area contributed by atoms with Gasteiger partial charge in [-0.1, -0.05) is 68.5 Å². The first kappa shape index (κ1) is 29.9. The summed E-state index contributed by atoms with van der Waals surface area (Å²) in [6.45, 7) is 9.32. The van der Waals surface area contributed by atoms with E-state index in [0.717, 1.165) is 31.3 Å². The third kappa shape index (κ3) is 11.2. The number of rotatable bonds is 2. The summed E-state index contributed by atoms with van der Waals surface area (Å²) in [7, 11) is 0. The van der Waals surface area contributed by atoms with Crippen molar-refractivity contribution in [1.29, 1.82) is 0 Å². The van der Waals surface area contributed by atoms with Crippen molar-refractivity contribution < 1.29 is 28.5 Å². The number of hydrogen-bond acceptors (Lipinski definition) is 6. The molecular weight excluding hydrogens is 456 g/mol. The van der Waals surface area contributed by atoms with Gasteiger partial charge >= 0.3 is 5.97 Å². The maximum Gasteiger partial charge on any atom is 0.330 e. The smallest absolute Gasteiger partial charge is 0.330 e. The SMILES string of the molecule is C=C1CC(=O)CCOC(C=CC2CC(C)=CCO2)COC(=O)C=CCC2C=CCC(CC(C)C1)O2.[CH2]. The molecule has 0 fully saturated rings. The van der Waals surface area contributed by atoms with E-state index < -0.39 is 12.1 Å². The molecule has 3 rings (SSSR count). The van der Waals surface area contributed by atoms with Crippen LogP contribution in [0.1, 0.15) is 58.8 Å². The molecule has 6 nitrogen and oxygen atoms in total. The fourth-order valence-electron chi connectivity index (χ4n) is 4.62. The molecule has 0 amide bonds. The van der Waals surface area contributed by atoms with Crippen molar-refractivity contribution in [2.24, 2.45) is 5.92 Å². The number of carbonyl (C=O) groups is 2. The molecule has 0 aromatic rings. The Morgan fingerprint density at radius 1 is 1.06 bits per heavy atom. The Hall–Kier alpha value is -2.28. The van der Waals surface area contributed by atoms with E-state index in [1.165, 1.54) is 11.6 Å². The molecule has 2 radical (unpaired) electrons. The van der Waals surface area contributed by atoms with Gasteiger partial charge in [-0.2, -0.15) is 0 Å². The quantitative estimate of drug-likeness (QED) is 0.368. The van der Waals surface area contributed by atoms with E-state index in [1.807, 2.05) is 12.2 Å². The van der Waals surface area contributed by atoms with Crippen molar-refractivity contribution in [3.8, 4) is 0 Å². The van der Waals surface area contributed by atoms with Crippen molar-refractivity contribution in [1.82, 2.24) is 0 Å². The largest absolute Gasteiger partial charge is 0.459 e. The first-order valence-electron chi connectivity index (χ1n) is 12.8. The summed E-state index contributed by atoms with van der Waals surface area (Å²) in [5.74, 6) is 0.0670. The number of hydrogen-bond donors (Lipinski definition) is 0. The predicted octanol–water partition coefficient (Wildman–Crippen LogP) is 5.53. The summed E-state index contributed by atoms with van der Waals surface area (Å²) in [6, 6.07) is 0. The van der Waals surface area contributed by atoms with Gasteiger partial charge in [0.2, 0.25) is 0 Å². The summed E-state index contributed by atoms with van der Waals surface area (Å²) in [6.07, 6.45) is 17.7. The second-order valence-electron chi connectivity index (χ2n) is 9.91. The van der Waals surface area contributed by atoms with Crippen LogP contribution in [0.2, 0.25) is 0 Å². The fraction of sp³-hybridized carbons (Fsp3) is 0.567. The lowest BCUT2D eigenvalue weighted by Gasteiger charge is -2.27. The van der Waals surface area contributed by atoms with Gasteiger partial charge in [0.15, 0.2) is 0 Å². The van der Waals surface area contributed by atoms with E-state index in [-0.39, 0.29) is 44.7 Å². The highest BCUT2D eigenvalue weighted by Gasteiger charge is 2.21. The van der Waals surface area contributed by atoms with Crippen LogP contribution in [-0.4, -0.2) is 56.0 Å².